The summed E-state index contributed by atoms with van der Waals surface area (Å²) in [5, 5.41) is 6.35. The summed E-state index contributed by atoms with van der Waals surface area (Å²) in [5.41, 5.74) is 0.503. The van der Waals surface area contributed by atoms with Crippen LogP contribution in [0.15, 0.2) is 30.6 Å². The number of amides is 1. The van der Waals surface area contributed by atoms with Crippen LogP contribution in [-0.4, -0.2) is 28.1 Å². The smallest absolute Gasteiger partial charge is 0.256 e. The lowest BCUT2D eigenvalue weighted by Gasteiger charge is -2.16. The molecule has 1 heterocycles. The number of nitrogens with zero attached hydrogens (tertiary/aromatic N) is 2. The molecule has 2 aromatic rings. The second-order valence-electron chi connectivity index (χ2n) is 3.87. The Bertz CT molecular complexity index is 554. The van der Waals surface area contributed by atoms with E-state index < -0.39 is 17.5 Å². The molecule has 18 heavy (non-hydrogen) atoms. The molecule has 6 heteroatoms. The number of carbonyl (C=O) groups excluding carboxylic acids is 1. The van der Waals surface area contributed by atoms with Gasteiger partial charge in [0.15, 0.2) is 11.6 Å². The van der Waals surface area contributed by atoms with Gasteiger partial charge in [-0.2, -0.15) is 5.10 Å². The molecule has 0 saturated heterocycles. The maximum Gasteiger partial charge on any atom is 0.256 e. The van der Waals surface area contributed by atoms with E-state index in [2.05, 4.69) is 10.2 Å². The molecule has 2 rings (SSSR count). The normalized spacial score (nSPS) is 10.4. The third-order valence-corrected chi connectivity index (χ3v) is 2.50. The van der Waals surface area contributed by atoms with Crippen molar-refractivity contribution in [2.75, 3.05) is 7.05 Å². The van der Waals surface area contributed by atoms with Crippen LogP contribution >= 0.6 is 0 Å². The van der Waals surface area contributed by atoms with E-state index in [1.54, 1.807) is 12.4 Å². The lowest BCUT2D eigenvalue weighted by atomic mass is 10.1. The molecular weight excluding hydrogens is 240 g/mol. The Morgan fingerprint density at radius 2 is 2.22 bits per heavy atom. The molecule has 0 saturated carbocycles. The molecule has 0 aliphatic heterocycles. The van der Waals surface area contributed by atoms with Crippen LogP contribution in [0.5, 0.6) is 0 Å². The summed E-state index contributed by atoms with van der Waals surface area (Å²) in [4.78, 5) is 13.2. The van der Waals surface area contributed by atoms with Crippen molar-refractivity contribution >= 4 is 5.91 Å². The van der Waals surface area contributed by atoms with Gasteiger partial charge in [0.2, 0.25) is 0 Å². The van der Waals surface area contributed by atoms with Crippen LogP contribution in [0, 0.1) is 11.6 Å². The average molecular weight is 251 g/mol. The quantitative estimate of drug-likeness (QED) is 0.906. The Kier molecular flexibility index (Phi) is 3.36. The van der Waals surface area contributed by atoms with E-state index in [-0.39, 0.29) is 12.1 Å². The molecule has 0 radical (unpaired) electrons. The Morgan fingerprint density at radius 3 is 2.89 bits per heavy atom. The molecule has 0 aliphatic rings. The van der Waals surface area contributed by atoms with Crippen molar-refractivity contribution in [1.82, 2.24) is 15.1 Å². The minimum atomic E-state index is -1.12. The van der Waals surface area contributed by atoms with E-state index in [1.165, 1.54) is 24.1 Å². The highest BCUT2D eigenvalue weighted by Crippen LogP contribution is 2.14. The van der Waals surface area contributed by atoms with Crippen LogP contribution in [0.2, 0.25) is 0 Å². The number of aromatic nitrogens is 2. The number of benzene rings is 1. The molecule has 1 amide bonds. The zero-order valence-electron chi connectivity index (χ0n) is 9.65. The lowest BCUT2D eigenvalue weighted by molar-refractivity contribution is 0.0779. The van der Waals surface area contributed by atoms with Gasteiger partial charge < -0.3 is 4.90 Å². The third-order valence-electron chi connectivity index (χ3n) is 2.50. The second-order valence-corrected chi connectivity index (χ2v) is 3.87. The van der Waals surface area contributed by atoms with Crippen molar-refractivity contribution in [3.63, 3.8) is 0 Å². The first kappa shape index (κ1) is 12.2. The molecule has 1 aromatic carbocycles. The molecule has 0 bridgehead atoms. The molecule has 1 N–H and O–H groups in total. The van der Waals surface area contributed by atoms with Gasteiger partial charge >= 0.3 is 0 Å². The molecule has 94 valence electrons. The summed E-state index contributed by atoms with van der Waals surface area (Å²) in [5.74, 6) is -2.73. The van der Waals surface area contributed by atoms with Crippen molar-refractivity contribution in [2.45, 2.75) is 6.54 Å². The molecule has 0 fully saturated rings. The molecule has 0 aliphatic carbocycles. The maximum atomic E-state index is 13.5. The molecule has 0 spiro atoms. The van der Waals surface area contributed by atoms with Crippen molar-refractivity contribution < 1.29 is 13.6 Å². The zero-order valence-corrected chi connectivity index (χ0v) is 9.65. The van der Waals surface area contributed by atoms with E-state index in [9.17, 15) is 13.6 Å². The molecular formula is C12H11F2N3O. The third kappa shape index (κ3) is 2.37. The number of hydrogen-bond donors (Lipinski definition) is 1. The van der Waals surface area contributed by atoms with Gasteiger partial charge in [-0.3, -0.25) is 9.89 Å². The number of halogens is 2. The van der Waals surface area contributed by atoms with Crippen LogP contribution in [-0.2, 0) is 6.54 Å². The number of nitrogens with one attached hydrogen (secondary N) is 1. The van der Waals surface area contributed by atoms with Gasteiger partial charge in [-0.15, -0.1) is 0 Å². The molecule has 0 unspecified atom stereocenters. The van der Waals surface area contributed by atoms with E-state index in [0.717, 1.165) is 11.6 Å². The predicted molar refractivity (Wildman–Crippen MR) is 60.7 cm³/mol. The number of aromatic amines is 1. The molecule has 1 aromatic heterocycles. The SMILES string of the molecule is CN(Cc1cn[nH]c1)C(=O)c1cccc(F)c1F. The van der Waals surface area contributed by atoms with E-state index in [1.807, 2.05) is 0 Å². The van der Waals surface area contributed by atoms with Gasteiger partial charge in [0.25, 0.3) is 5.91 Å². The first-order chi connectivity index (χ1) is 8.59. The summed E-state index contributed by atoms with van der Waals surface area (Å²) in [6.07, 6.45) is 3.19. The van der Waals surface area contributed by atoms with Gasteiger partial charge in [0, 0.05) is 25.4 Å². The van der Waals surface area contributed by atoms with Crippen molar-refractivity contribution in [2.24, 2.45) is 0 Å². The van der Waals surface area contributed by atoms with E-state index >= 15 is 0 Å². The van der Waals surface area contributed by atoms with Crippen LogP contribution in [0.3, 0.4) is 0 Å². The summed E-state index contributed by atoms with van der Waals surface area (Å²) >= 11 is 0. The summed E-state index contributed by atoms with van der Waals surface area (Å²) in [7, 11) is 1.51. The first-order valence-electron chi connectivity index (χ1n) is 5.26. The monoisotopic (exact) mass is 251 g/mol. The van der Waals surface area contributed by atoms with Crippen LogP contribution in [0.1, 0.15) is 15.9 Å². The fourth-order valence-corrected chi connectivity index (χ4v) is 1.58. The number of rotatable bonds is 3. The van der Waals surface area contributed by atoms with Crippen molar-refractivity contribution in [1.29, 1.82) is 0 Å². The Hall–Kier alpha value is -2.24. The molecule has 4 nitrogen and oxygen atoms in total. The Labute approximate surface area is 102 Å². The van der Waals surface area contributed by atoms with Crippen molar-refractivity contribution in [3.8, 4) is 0 Å². The van der Waals surface area contributed by atoms with Crippen LogP contribution in [0.4, 0.5) is 8.78 Å². The minimum absolute atomic E-state index is 0.269. The van der Waals surface area contributed by atoms with Gasteiger partial charge in [-0.1, -0.05) is 6.07 Å². The average Bonchev–Trinajstić information content (AvgIpc) is 2.84. The zero-order chi connectivity index (χ0) is 13.1. The topological polar surface area (TPSA) is 49.0 Å². The van der Waals surface area contributed by atoms with Crippen LogP contribution in [0.25, 0.3) is 0 Å². The fourth-order valence-electron chi connectivity index (χ4n) is 1.58. The first-order valence-corrected chi connectivity index (χ1v) is 5.26. The number of H-pyrrole nitrogens is 1. The largest absolute Gasteiger partial charge is 0.337 e. The summed E-state index contributed by atoms with van der Waals surface area (Å²) in [6, 6.07) is 3.53. The van der Waals surface area contributed by atoms with Crippen molar-refractivity contribution in [3.05, 3.63) is 53.4 Å². The highest BCUT2D eigenvalue weighted by Gasteiger charge is 2.18. The predicted octanol–water partition coefficient (Wildman–Crippen LogP) is 1.96. The fraction of sp³-hybridized carbons (Fsp3) is 0.167. The minimum Gasteiger partial charge on any atom is -0.337 e. The van der Waals surface area contributed by atoms with E-state index in [4.69, 9.17) is 0 Å². The van der Waals surface area contributed by atoms with Gasteiger partial charge in [-0.25, -0.2) is 8.78 Å². The Morgan fingerprint density at radius 1 is 1.44 bits per heavy atom. The summed E-state index contributed by atoms with van der Waals surface area (Å²) < 4.78 is 26.5. The standard InChI is InChI=1S/C12H11F2N3O/c1-17(7-8-5-15-16-6-8)12(18)9-3-2-4-10(13)11(9)14/h2-6H,7H2,1H3,(H,15,16). The van der Waals surface area contributed by atoms with Gasteiger partial charge in [0.05, 0.1) is 11.8 Å². The van der Waals surface area contributed by atoms with Gasteiger partial charge in [-0.05, 0) is 12.1 Å². The van der Waals surface area contributed by atoms with Gasteiger partial charge in [0.1, 0.15) is 0 Å². The highest BCUT2D eigenvalue weighted by molar-refractivity contribution is 5.94. The highest BCUT2D eigenvalue weighted by atomic mass is 19.2. The number of hydrogen-bond acceptors (Lipinski definition) is 2. The Balaban J connectivity index is 2.18. The molecule has 0 atom stereocenters. The van der Waals surface area contributed by atoms with Crippen LogP contribution < -0.4 is 0 Å². The lowest BCUT2D eigenvalue weighted by Crippen LogP contribution is -2.27. The maximum absolute atomic E-state index is 13.5. The second kappa shape index (κ2) is 4.95. The summed E-state index contributed by atoms with van der Waals surface area (Å²) in [6.45, 7) is 0.269. The van der Waals surface area contributed by atoms with E-state index in [0.29, 0.717) is 0 Å². The number of carbonyl (C=O) groups is 1.